The van der Waals surface area contributed by atoms with Crippen molar-refractivity contribution >= 4 is 34.5 Å². The average molecular weight is 388 g/mol. The zero-order chi connectivity index (χ0) is 17.5. The third kappa shape index (κ3) is 3.43. The minimum absolute atomic E-state index is 0.0698. The van der Waals surface area contributed by atoms with Crippen LogP contribution < -0.4 is 0 Å². The van der Waals surface area contributed by atoms with E-state index in [1.165, 1.54) is 11.3 Å². The molecule has 0 saturated carbocycles. The van der Waals surface area contributed by atoms with Gasteiger partial charge in [0.1, 0.15) is 5.01 Å². The lowest BCUT2D eigenvalue weighted by Gasteiger charge is -2.10. The molecule has 0 unspecified atom stereocenters. The van der Waals surface area contributed by atoms with E-state index in [0.717, 1.165) is 29.0 Å². The highest BCUT2D eigenvalue weighted by Crippen LogP contribution is 2.42. The van der Waals surface area contributed by atoms with Crippen LogP contribution in [-0.4, -0.2) is 4.98 Å². The fraction of sp³-hybridized carbons (Fsp3) is 0.118. The van der Waals surface area contributed by atoms with E-state index in [1.54, 1.807) is 0 Å². The van der Waals surface area contributed by atoms with Crippen molar-refractivity contribution in [3.8, 4) is 21.8 Å². The molecule has 124 valence electrons. The Balaban J connectivity index is 2.03. The van der Waals surface area contributed by atoms with Gasteiger partial charge >= 0.3 is 6.18 Å². The highest BCUT2D eigenvalue weighted by molar-refractivity contribution is 7.13. The zero-order valence-corrected chi connectivity index (χ0v) is 14.6. The monoisotopic (exact) mass is 387 g/mol. The van der Waals surface area contributed by atoms with Gasteiger partial charge < -0.3 is 0 Å². The van der Waals surface area contributed by atoms with Gasteiger partial charge in [-0.2, -0.15) is 13.2 Å². The van der Waals surface area contributed by atoms with Crippen molar-refractivity contribution in [1.82, 2.24) is 4.98 Å². The van der Waals surface area contributed by atoms with Crippen LogP contribution in [0.3, 0.4) is 0 Å². The first kappa shape index (κ1) is 17.3. The summed E-state index contributed by atoms with van der Waals surface area (Å²) in [7, 11) is 0. The average Bonchev–Trinajstić information content (AvgIpc) is 2.96. The van der Waals surface area contributed by atoms with Crippen molar-refractivity contribution in [1.29, 1.82) is 0 Å². The fourth-order valence-electron chi connectivity index (χ4n) is 2.19. The molecule has 0 atom stereocenters. The quantitative estimate of drug-likeness (QED) is 0.456. The van der Waals surface area contributed by atoms with Crippen LogP contribution in [-0.2, 0) is 6.18 Å². The number of halogens is 5. The lowest BCUT2D eigenvalue weighted by molar-refractivity contribution is -0.137. The third-order valence-electron chi connectivity index (χ3n) is 3.43. The van der Waals surface area contributed by atoms with Crippen molar-refractivity contribution in [2.45, 2.75) is 13.1 Å². The number of aryl methyl sites for hydroxylation is 1. The minimum Gasteiger partial charge on any atom is -0.236 e. The fourth-order valence-corrected chi connectivity index (χ4v) is 3.87. The number of aromatic nitrogens is 1. The van der Waals surface area contributed by atoms with Gasteiger partial charge in [-0.05, 0) is 19.1 Å². The molecule has 0 amide bonds. The molecule has 0 aliphatic heterocycles. The lowest BCUT2D eigenvalue weighted by Crippen LogP contribution is -2.05. The van der Waals surface area contributed by atoms with Crippen LogP contribution in [0, 0.1) is 6.92 Å². The summed E-state index contributed by atoms with van der Waals surface area (Å²) in [6, 6.07) is 9.54. The number of thiazole rings is 1. The molecule has 0 aliphatic rings. The predicted molar refractivity (Wildman–Crippen MR) is 92.7 cm³/mol. The van der Waals surface area contributed by atoms with Crippen LogP contribution in [0.5, 0.6) is 0 Å². The van der Waals surface area contributed by atoms with Gasteiger partial charge in [-0.3, -0.25) is 0 Å². The second kappa shape index (κ2) is 6.39. The summed E-state index contributed by atoms with van der Waals surface area (Å²) < 4.78 is 38.4. The highest BCUT2D eigenvalue weighted by Gasteiger charge is 2.32. The molecule has 0 fully saturated rings. The second-order valence-corrected chi connectivity index (χ2v) is 6.89. The van der Waals surface area contributed by atoms with Crippen LogP contribution >= 0.6 is 34.5 Å². The Morgan fingerprint density at radius 2 is 1.58 bits per heavy atom. The van der Waals surface area contributed by atoms with Crippen LogP contribution in [0.15, 0.2) is 41.8 Å². The van der Waals surface area contributed by atoms with Gasteiger partial charge in [0.25, 0.3) is 0 Å². The number of hydrogen-bond donors (Lipinski definition) is 0. The van der Waals surface area contributed by atoms with Gasteiger partial charge in [-0.1, -0.05) is 53.0 Å². The molecule has 3 rings (SSSR count). The molecule has 1 aromatic heterocycles. The third-order valence-corrected chi connectivity index (χ3v) is 4.89. The summed E-state index contributed by atoms with van der Waals surface area (Å²) in [4.78, 5) is 4.46. The molecule has 0 aliphatic carbocycles. The van der Waals surface area contributed by atoms with E-state index in [2.05, 4.69) is 4.98 Å². The van der Waals surface area contributed by atoms with E-state index in [1.807, 2.05) is 36.6 Å². The Kier molecular flexibility index (Phi) is 4.60. The van der Waals surface area contributed by atoms with Gasteiger partial charge in [0.2, 0.25) is 0 Å². The van der Waals surface area contributed by atoms with E-state index in [4.69, 9.17) is 23.2 Å². The van der Waals surface area contributed by atoms with Crippen LogP contribution in [0.4, 0.5) is 13.2 Å². The molecule has 24 heavy (non-hydrogen) atoms. The molecule has 7 heteroatoms. The van der Waals surface area contributed by atoms with Crippen molar-refractivity contribution in [3.05, 3.63) is 63.0 Å². The van der Waals surface area contributed by atoms with Gasteiger partial charge in [0.05, 0.1) is 21.3 Å². The van der Waals surface area contributed by atoms with Crippen molar-refractivity contribution in [2.24, 2.45) is 0 Å². The molecular weight excluding hydrogens is 378 g/mol. The molecule has 1 nitrogen and oxygen atoms in total. The van der Waals surface area contributed by atoms with E-state index in [-0.39, 0.29) is 10.0 Å². The first-order valence-electron chi connectivity index (χ1n) is 6.85. The number of alkyl halides is 3. The number of hydrogen-bond acceptors (Lipinski definition) is 2. The van der Waals surface area contributed by atoms with Crippen molar-refractivity contribution in [3.63, 3.8) is 0 Å². The van der Waals surface area contributed by atoms with E-state index in [0.29, 0.717) is 10.6 Å². The maximum absolute atomic E-state index is 12.8. The minimum atomic E-state index is -4.50. The summed E-state index contributed by atoms with van der Waals surface area (Å²) in [5, 5.41) is 2.16. The van der Waals surface area contributed by atoms with Crippen molar-refractivity contribution < 1.29 is 13.2 Å². The Morgan fingerprint density at radius 3 is 2.12 bits per heavy atom. The van der Waals surface area contributed by atoms with Gasteiger partial charge in [0, 0.05) is 16.5 Å². The molecule has 0 spiro atoms. The standard InChI is InChI=1S/C17H10Cl2F3NS/c1-9-2-4-10(5-3-9)14-8-24-16(23-14)15-12(18)6-11(7-13(15)19)17(20,21)22/h2-8H,1H3. The summed E-state index contributed by atoms with van der Waals surface area (Å²) in [5.41, 5.74) is 2.21. The summed E-state index contributed by atoms with van der Waals surface area (Å²) in [6.07, 6.45) is -4.50. The number of benzene rings is 2. The molecule has 0 radical (unpaired) electrons. The van der Waals surface area contributed by atoms with Crippen molar-refractivity contribution in [2.75, 3.05) is 0 Å². The van der Waals surface area contributed by atoms with Gasteiger partial charge in [-0.15, -0.1) is 11.3 Å². The molecule has 3 aromatic rings. The Morgan fingerprint density at radius 1 is 1.00 bits per heavy atom. The van der Waals surface area contributed by atoms with Gasteiger partial charge in [0.15, 0.2) is 0 Å². The molecular formula is C17H10Cl2F3NS. The predicted octanol–water partition coefficient (Wildman–Crippen LogP) is 7.11. The molecule has 0 saturated heterocycles. The first-order chi connectivity index (χ1) is 11.3. The Bertz CT molecular complexity index is 863. The normalized spacial score (nSPS) is 11.8. The van der Waals surface area contributed by atoms with Crippen LogP contribution in [0.25, 0.3) is 21.8 Å². The molecule has 2 aromatic carbocycles. The summed E-state index contributed by atoms with van der Waals surface area (Å²) in [6.45, 7) is 1.98. The number of nitrogens with zero attached hydrogens (tertiary/aromatic N) is 1. The number of rotatable bonds is 2. The first-order valence-corrected chi connectivity index (χ1v) is 8.48. The smallest absolute Gasteiger partial charge is 0.236 e. The van der Waals surface area contributed by atoms with Crippen LogP contribution in [0.2, 0.25) is 10.0 Å². The van der Waals surface area contributed by atoms with Crippen LogP contribution in [0.1, 0.15) is 11.1 Å². The highest BCUT2D eigenvalue weighted by atomic mass is 35.5. The summed E-state index contributed by atoms with van der Waals surface area (Å²) >= 11 is 13.3. The SMILES string of the molecule is Cc1ccc(-c2csc(-c3c(Cl)cc(C(F)(F)F)cc3Cl)n2)cc1. The van der Waals surface area contributed by atoms with E-state index in [9.17, 15) is 13.2 Å². The van der Waals surface area contributed by atoms with Gasteiger partial charge in [-0.25, -0.2) is 4.98 Å². The summed E-state index contributed by atoms with van der Waals surface area (Å²) in [5.74, 6) is 0. The lowest BCUT2D eigenvalue weighted by atomic mass is 10.1. The molecule has 1 heterocycles. The molecule has 0 bridgehead atoms. The van der Waals surface area contributed by atoms with E-state index >= 15 is 0 Å². The Hall–Kier alpha value is -1.56. The maximum atomic E-state index is 12.8. The second-order valence-electron chi connectivity index (χ2n) is 5.22. The van der Waals surface area contributed by atoms with E-state index < -0.39 is 11.7 Å². The molecule has 0 N–H and O–H groups in total. The topological polar surface area (TPSA) is 12.9 Å². The Labute approximate surface area is 150 Å². The largest absolute Gasteiger partial charge is 0.416 e. The maximum Gasteiger partial charge on any atom is 0.416 e. The zero-order valence-electron chi connectivity index (χ0n) is 12.3.